The average Bonchev–Trinajstić information content (AvgIpc) is 2.97. The van der Waals surface area contributed by atoms with Crippen molar-refractivity contribution in [2.45, 2.75) is 19.1 Å². The van der Waals surface area contributed by atoms with Gasteiger partial charge in [-0.15, -0.1) is 11.3 Å². The molecule has 3 rings (SSSR count). The number of benzene rings is 1. The lowest BCUT2D eigenvalue weighted by Gasteiger charge is -2.15. The minimum absolute atomic E-state index is 0.0927. The molecule has 0 radical (unpaired) electrons. The molecule has 1 aliphatic rings. The second-order valence-corrected chi connectivity index (χ2v) is 6.31. The Morgan fingerprint density at radius 1 is 1.23 bits per heavy atom. The van der Waals surface area contributed by atoms with E-state index in [2.05, 4.69) is 10.6 Å². The lowest BCUT2D eigenvalue weighted by molar-refractivity contribution is 0.170. The zero-order valence-electron chi connectivity index (χ0n) is 12.1. The molecule has 6 heteroatoms. The molecule has 2 aromatic rings. The minimum atomic E-state index is -0.308. The number of aliphatic hydroxyl groups is 2. The SMILES string of the molecule is N=C1c2ccc(CNC(CO)CO)cc2NCc2sccc21. The summed E-state index contributed by atoms with van der Waals surface area (Å²) in [6.07, 6.45) is 0. The predicted molar refractivity (Wildman–Crippen MR) is 88.8 cm³/mol. The van der Waals surface area contributed by atoms with E-state index in [1.165, 1.54) is 4.88 Å². The third-order valence-corrected chi connectivity index (χ3v) is 4.76. The standard InChI is InChI=1S/C16H19N3O2S/c17-16-12-2-1-10(6-18-11(8-20)9-21)5-14(12)19-7-15-13(16)3-4-22-15/h1-5,11,17-21H,6-9H2. The molecule has 22 heavy (non-hydrogen) atoms. The summed E-state index contributed by atoms with van der Waals surface area (Å²) in [6.45, 7) is 1.11. The molecule has 116 valence electrons. The van der Waals surface area contributed by atoms with Gasteiger partial charge in [0.1, 0.15) is 0 Å². The van der Waals surface area contributed by atoms with Crippen LogP contribution in [0.5, 0.6) is 0 Å². The molecule has 0 bridgehead atoms. The Labute approximate surface area is 133 Å². The molecule has 0 saturated carbocycles. The predicted octanol–water partition coefficient (Wildman–Crippen LogP) is 1.53. The normalized spacial score (nSPS) is 13.5. The van der Waals surface area contributed by atoms with E-state index in [0.29, 0.717) is 12.3 Å². The Morgan fingerprint density at radius 3 is 2.82 bits per heavy atom. The van der Waals surface area contributed by atoms with Crippen LogP contribution in [0.3, 0.4) is 0 Å². The van der Waals surface area contributed by atoms with Crippen molar-refractivity contribution in [2.75, 3.05) is 18.5 Å². The molecule has 0 saturated heterocycles. The van der Waals surface area contributed by atoms with Gasteiger partial charge in [0.25, 0.3) is 0 Å². The molecule has 2 heterocycles. The van der Waals surface area contributed by atoms with Crippen LogP contribution in [0.4, 0.5) is 5.69 Å². The summed E-state index contributed by atoms with van der Waals surface area (Å²) >= 11 is 1.67. The molecule has 0 atom stereocenters. The molecule has 1 aromatic carbocycles. The fraction of sp³-hybridized carbons (Fsp3) is 0.312. The fourth-order valence-electron chi connectivity index (χ4n) is 2.54. The van der Waals surface area contributed by atoms with Crippen LogP contribution in [0.2, 0.25) is 0 Å². The molecule has 0 unspecified atom stereocenters. The Hall–Kier alpha value is -1.73. The van der Waals surface area contributed by atoms with Gasteiger partial charge in [-0.3, -0.25) is 5.41 Å². The summed E-state index contributed by atoms with van der Waals surface area (Å²) in [6, 6.07) is 7.66. The first kappa shape index (κ1) is 15.2. The highest BCUT2D eigenvalue weighted by Crippen LogP contribution is 2.29. The summed E-state index contributed by atoms with van der Waals surface area (Å²) in [5.41, 5.74) is 4.47. The Kier molecular flexibility index (Phi) is 4.54. The van der Waals surface area contributed by atoms with Gasteiger partial charge < -0.3 is 20.8 Å². The van der Waals surface area contributed by atoms with Crippen molar-refractivity contribution in [3.8, 4) is 0 Å². The second-order valence-electron chi connectivity index (χ2n) is 5.31. The Bertz CT molecular complexity index is 680. The fourth-order valence-corrected chi connectivity index (χ4v) is 3.36. The highest BCUT2D eigenvalue weighted by atomic mass is 32.1. The van der Waals surface area contributed by atoms with Crippen molar-refractivity contribution in [1.82, 2.24) is 5.32 Å². The Balaban J connectivity index is 1.81. The quantitative estimate of drug-likeness (QED) is 0.579. The van der Waals surface area contributed by atoms with E-state index in [-0.39, 0.29) is 19.3 Å². The topological polar surface area (TPSA) is 88.4 Å². The van der Waals surface area contributed by atoms with Crippen LogP contribution in [0, 0.1) is 5.41 Å². The maximum Gasteiger partial charge on any atom is 0.0717 e. The number of thiophene rings is 1. The van der Waals surface area contributed by atoms with Crippen molar-refractivity contribution in [1.29, 1.82) is 5.41 Å². The van der Waals surface area contributed by atoms with Gasteiger partial charge >= 0.3 is 0 Å². The van der Waals surface area contributed by atoms with Crippen LogP contribution in [-0.2, 0) is 13.1 Å². The average molecular weight is 317 g/mol. The lowest BCUT2D eigenvalue weighted by atomic mass is 10.0. The van der Waals surface area contributed by atoms with Crippen LogP contribution in [0.1, 0.15) is 21.6 Å². The number of hydrogen-bond acceptors (Lipinski definition) is 6. The maximum atomic E-state index is 9.08. The van der Waals surface area contributed by atoms with Crippen molar-refractivity contribution >= 4 is 22.7 Å². The zero-order chi connectivity index (χ0) is 15.5. The second kappa shape index (κ2) is 6.58. The molecule has 0 aliphatic carbocycles. The highest BCUT2D eigenvalue weighted by molar-refractivity contribution is 7.10. The van der Waals surface area contributed by atoms with E-state index >= 15 is 0 Å². The zero-order valence-corrected chi connectivity index (χ0v) is 12.9. The summed E-state index contributed by atoms with van der Waals surface area (Å²) in [7, 11) is 0. The smallest absolute Gasteiger partial charge is 0.0717 e. The third kappa shape index (κ3) is 2.91. The van der Waals surface area contributed by atoms with Crippen molar-refractivity contribution in [3.63, 3.8) is 0 Å². The first-order chi connectivity index (χ1) is 10.7. The van der Waals surface area contributed by atoms with E-state index in [9.17, 15) is 0 Å². The van der Waals surface area contributed by atoms with Crippen LogP contribution >= 0.6 is 11.3 Å². The van der Waals surface area contributed by atoms with Gasteiger partial charge in [0.2, 0.25) is 0 Å². The Morgan fingerprint density at radius 2 is 2.05 bits per heavy atom. The molecule has 5 nitrogen and oxygen atoms in total. The molecule has 1 aromatic heterocycles. The van der Waals surface area contributed by atoms with Gasteiger partial charge in [-0.05, 0) is 23.1 Å². The number of fused-ring (bicyclic) bond motifs is 2. The monoisotopic (exact) mass is 317 g/mol. The summed E-state index contributed by atoms with van der Waals surface area (Å²) in [4.78, 5) is 1.18. The first-order valence-electron chi connectivity index (χ1n) is 7.20. The molecule has 5 N–H and O–H groups in total. The first-order valence-corrected chi connectivity index (χ1v) is 8.08. The van der Waals surface area contributed by atoms with E-state index < -0.39 is 0 Å². The molecule has 0 amide bonds. The van der Waals surface area contributed by atoms with E-state index in [1.807, 2.05) is 29.6 Å². The van der Waals surface area contributed by atoms with Gasteiger partial charge in [-0.2, -0.15) is 0 Å². The van der Waals surface area contributed by atoms with Gasteiger partial charge in [-0.1, -0.05) is 12.1 Å². The highest BCUT2D eigenvalue weighted by Gasteiger charge is 2.19. The summed E-state index contributed by atoms with van der Waals surface area (Å²) in [5.74, 6) is 0. The summed E-state index contributed by atoms with van der Waals surface area (Å²) in [5, 5.41) is 35.1. The van der Waals surface area contributed by atoms with Crippen molar-refractivity contribution < 1.29 is 10.2 Å². The number of aliphatic hydroxyl groups excluding tert-OH is 2. The number of rotatable bonds is 5. The molecule has 0 spiro atoms. The lowest BCUT2D eigenvalue weighted by Crippen LogP contribution is -2.35. The van der Waals surface area contributed by atoms with Gasteiger partial charge in [-0.25, -0.2) is 0 Å². The number of anilines is 1. The molecular weight excluding hydrogens is 298 g/mol. The van der Waals surface area contributed by atoms with Crippen molar-refractivity contribution in [3.05, 3.63) is 51.2 Å². The third-order valence-electron chi connectivity index (χ3n) is 3.84. The largest absolute Gasteiger partial charge is 0.395 e. The van der Waals surface area contributed by atoms with Crippen LogP contribution in [-0.4, -0.2) is 35.2 Å². The maximum absolute atomic E-state index is 9.08. The minimum Gasteiger partial charge on any atom is -0.395 e. The molecule has 0 fully saturated rings. The molecular formula is C16H19N3O2S. The van der Waals surface area contributed by atoms with Crippen molar-refractivity contribution in [2.24, 2.45) is 0 Å². The molecule has 1 aliphatic heterocycles. The number of nitrogens with one attached hydrogen (secondary N) is 3. The van der Waals surface area contributed by atoms with Gasteiger partial charge in [0, 0.05) is 28.2 Å². The van der Waals surface area contributed by atoms with Gasteiger partial charge in [0.15, 0.2) is 0 Å². The van der Waals surface area contributed by atoms with Crippen LogP contribution in [0.25, 0.3) is 0 Å². The van der Waals surface area contributed by atoms with E-state index in [4.69, 9.17) is 15.6 Å². The van der Waals surface area contributed by atoms with E-state index in [1.54, 1.807) is 11.3 Å². The van der Waals surface area contributed by atoms with Crippen LogP contribution < -0.4 is 10.6 Å². The van der Waals surface area contributed by atoms with E-state index in [0.717, 1.165) is 28.9 Å². The van der Waals surface area contributed by atoms with Gasteiger partial charge in [0.05, 0.1) is 31.5 Å². The number of hydrogen-bond donors (Lipinski definition) is 5. The van der Waals surface area contributed by atoms with Crippen LogP contribution in [0.15, 0.2) is 29.6 Å². The summed E-state index contributed by atoms with van der Waals surface area (Å²) < 4.78 is 0.